The number of benzene rings is 1. The van der Waals surface area contributed by atoms with Crippen LogP contribution in [0.4, 0.5) is 4.39 Å². The first-order chi connectivity index (χ1) is 13.5. The molecule has 28 heavy (non-hydrogen) atoms. The predicted molar refractivity (Wildman–Crippen MR) is 106 cm³/mol. The van der Waals surface area contributed by atoms with Gasteiger partial charge in [-0.2, -0.15) is 5.26 Å². The molecule has 2 N–H and O–H groups in total. The summed E-state index contributed by atoms with van der Waals surface area (Å²) in [5, 5.41) is 18.2. The SMILES string of the molecule is CC(N)=C(C#N)C(=O)CSc1nnc(-c2ccccc2F)n1C1CCCCC1. The Hall–Kier alpha value is -2.66. The van der Waals surface area contributed by atoms with Crippen LogP contribution in [0.1, 0.15) is 45.1 Å². The maximum Gasteiger partial charge on any atom is 0.192 e. The number of carbonyl (C=O) groups is 1. The molecule has 0 aliphatic heterocycles. The van der Waals surface area contributed by atoms with Gasteiger partial charge in [-0.25, -0.2) is 4.39 Å². The van der Waals surface area contributed by atoms with Gasteiger partial charge in [-0.15, -0.1) is 10.2 Å². The average Bonchev–Trinajstić information content (AvgIpc) is 3.11. The third-order valence-corrected chi connectivity index (χ3v) is 5.78. The smallest absolute Gasteiger partial charge is 0.192 e. The summed E-state index contributed by atoms with van der Waals surface area (Å²) < 4.78 is 16.3. The maximum atomic E-state index is 14.4. The van der Waals surface area contributed by atoms with Gasteiger partial charge in [-0.1, -0.05) is 43.2 Å². The Morgan fingerprint density at radius 1 is 1.32 bits per heavy atom. The quantitative estimate of drug-likeness (QED) is 0.448. The van der Waals surface area contributed by atoms with E-state index in [0.29, 0.717) is 16.5 Å². The van der Waals surface area contributed by atoms with E-state index in [2.05, 4.69) is 10.2 Å². The third-order valence-electron chi connectivity index (χ3n) is 4.84. The second kappa shape index (κ2) is 9.02. The Labute approximate surface area is 167 Å². The fraction of sp³-hybridized carbons (Fsp3) is 0.400. The van der Waals surface area contributed by atoms with Crippen LogP contribution >= 0.6 is 11.8 Å². The van der Waals surface area contributed by atoms with Crippen LogP contribution in [0.25, 0.3) is 11.4 Å². The molecule has 1 heterocycles. The Bertz CT molecular complexity index is 936. The van der Waals surface area contributed by atoms with Crippen molar-refractivity contribution < 1.29 is 9.18 Å². The highest BCUT2D eigenvalue weighted by molar-refractivity contribution is 7.99. The summed E-state index contributed by atoms with van der Waals surface area (Å²) in [4.78, 5) is 12.3. The number of carbonyl (C=O) groups excluding carboxylic acids is 1. The second-order valence-electron chi connectivity index (χ2n) is 6.83. The van der Waals surface area contributed by atoms with E-state index in [0.717, 1.165) is 25.7 Å². The zero-order valence-corrected chi connectivity index (χ0v) is 16.5. The number of hydrogen-bond donors (Lipinski definition) is 1. The van der Waals surface area contributed by atoms with E-state index in [1.165, 1.54) is 31.2 Å². The van der Waals surface area contributed by atoms with Crippen molar-refractivity contribution in [2.75, 3.05) is 5.75 Å². The van der Waals surface area contributed by atoms with E-state index in [9.17, 15) is 9.18 Å². The number of aromatic nitrogens is 3. The molecule has 1 aliphatic rings. The van der Waals surface area contributed by atoms with Crippen LogP contribution in [0.2, 0.25) is 0 Å². The van der Waals surface area contributed by atoms with Gasteiger partial charge in [0.25, 0.3) is 0 Å². The van der Waals surface area contributed by atoms with Crippen LogP contribution in [-0.2, 0) is 4.79 Å². The van der Waals surface area contributed by atoms with Crippen molar-refractivity contribution in [3.8, 4) is 17.5 Å². The first-order valence-corrected chi connectivity index (χ1v) is 10.2. The number of ketones is 1. The summed E-state index contributed by atoms with van der Waals surface area (Å²) in [6.07, 6.45) is 5.30. The number of nitriles is 1. The van der Waals surface area contributed by atoms with Crippen LogP contribution in [0.15, 0.2) is 40.7 Å². The van der Waals surface area contributed by atoms with Gasteiger partial charge in [0.1, 0.15) is 17.5 Å². The minimum atomic E-state index is -0.354. The zero-order valence-electron chi connectivity index (χ0n) is 15.7. The van der Waals surface area contributed by atoms with Crippen molar-refractivity contribution in [2.24, 2.45) is 5.73 Å². The normalized spacial score (nSPS) is 15.8. The molecule has 0 atom stereocenters. The maximum absolute atomic E-state index is 14.4. The molecule has 0 spiro atoms. The summed E-state index contributed by atoms with van der Waals surface area (Å²) in [7, 11) is 0. The zero-order chi connectivity index (χ0) is 20.1. The first kappa shape index (κ1) is 20.1. The molecule has 146 valence electrons. The highest BCUT2D eigenvalue weighted by Crippen LogP contribution is 2.36. The van der Waals surface area contributed by atoms with Gasteiger partial charge in [-0.05, 0) is 31.9 Å². The standard InChI is InChI=1S/C20H22FN5OS/c1-13(23)16(11-22)18(27)12-28-20-25-24-19(15-9-5-6-10-17(15)21)26(20)14-7-3-2-4-8-14/h5-6,9-10,14H,2-4,7-8,12,23H2,1H3. The van der Waals surface area contributed by atoms with Crippen molar-refractivity contribution in [2.45, 2.75) is 50.2 Å². The van der Waals surface area contributed by atoms with E-state index >= 15 is 0 Å². The Kier molecular flexibility index (Phi) is 6.47. The topological polar surface area (TPSA) is 97.6 Å². The number of Topliss-reactive ketones (excluding diaryl/α,β-unsaturated/α-hetero) is 1. The summed E-state index contributed by atoms with van der Waals surface area (Å²) in [5.74, 6) is -0.197. The molecular formula is C20H22FN5OS. The van der Waals surface area contributed by atoms with E-state index < -0.39 is 0 Å². The number of halogens is 1. The molecule has 3 rings (SSSR count). The number of nitrogens with zero attached hydrogens (tertiary/aromatic N) is 4. The summed E-state index contributed by atoms with van der Waals surface area (Å²) in [5.41, 5.74) is 6.18. The van der Waals surface area contributed by atoms with Gasteiger partial charge >= 0.3 is 0 Å². The molecule has 0 bridgehead atoms. The predicted octanol–water partition coefficient (Wildman–Crippen LogP) is 4.01. The van der Waals surface area contributed by atoms with Crippen molar-refractivity contribution in [3.63, 3.8) is 0 Å². The van der Waals surface area contributed by atoms with Gasteiger partial charge in [0.05, 0.1) is 11.3 Å². The third kappa shape index (κ3) is 4.25. The van der Waals surface area contributed by atoms with Gasteiger partial charge in [0.2, 0.25) is 0 Å². The molecule has 8 heteroatoms. The number of hydrogen-bond acceptors (Lipinski definition) is 6. The lowest BCUT2D eigenvalue weighted by atomic mass is 9.95. The minimum Gasteiger partial charge on any atom is -0.401 e. The van der Waals surface area contributed by atoms with Crippen LogP contribution < -0.4 is 5.73 Å². The molecule has 0 radical (unpaired) electrons. The lowest BCUT2D eigenvalue weighted by Crippen LogP contribution is -2.16. The molecule has 1 aromatic carbocycles. The molecular weight excluding hydrogens is 377 g/mol. The van der Waals surface area contributed by atoms with Gasteiger partial charge < -0.3 is 5.73 Å². The monoisotopic (exact) mass is 399 g/mol. The van der Waals surface area contributed by atoms with Gasteiger partial charge in [-0.3, -0.25) is 9.36 Å². The molecule has 6 nitrogen and oxygen atoms in total. The molecule has 1 saturated carbocycles. The fourth-order valence-corrected chi connectivity index (χ4v) is 4.32. The van der Waals surface area contributed by atoms with Crippen molar-refractivity contribution in [1.29, 1.82) is 5.26 Å². The molecule has 0 unspecified atom stereocenters. The van der Waals surface area contributed by atoms with Crippen LogP contribution in [0.5, 0.6) is 0 Å². The Balaban J connectivity index is 1.93. The second-order valence-corrected chi connectivity index (χ2v) is 7.77. The van der Waals surface area contributed by atoms with Gasteiger partial charge in [0.15, 0.2) is 16.8 Å². The molecule has 2 aromatic rings. The van der Waals surface area contributed by atoms with Crippen molar-refractivity contribution in [3.05, 3.63) is 41.4 Å². The summed E-state index contributed by atoms with van der Waals surface area (Å²) in [6, 6.07) is 8.51. The van der Waals surface area contributed by atoms with Crippen molar-refractivity contribution >= 4 is 17.5 Å². The Morgan fingerprint density at radius 2 is 2.04 bits per heavy atom. The van der Waals surface area contributed by atoms with E-state index in [1.807, 2.05) is 10.6 Å². The molecule has 0 saturated heterocycles. The number of rotatable bonds is 6. The minimum absolute atomic E-state index is 0.0273. The molecule has 1 fully saturated rings. The Morgan fingerprint density at radius 3 is 2.68 bits per heavy atom. The van der Waals surface area contributed by atoms with Crippen molar-refractivity contribution in [1.82, 2.24) is 14.8 Å². The van der Waals surface area contributed by atoms with Crippen LogP contribution in [0, 0.1) is 17.1 Å². The van der Waals surface area contributed by atoms with Crippen LogP contribution in [-0.4, -0.2) is 26.3 Å². The first-order valence-electron chi connectivity index (χ1n) is 9.25. The number of allylic oxidation sites excluding steroid dienone is 2. The number of thioether (sulfide) groups is 1. The fourth-order valence-electron chi connectivity index (χ4n) is 3.44. The summed E-state index contributed by atoms with van der Waals surface area (Å²) >= 11 is 1.21. The highest BCUT2D eigenvalue weighted by atomic mass is 32.2. The molecule has 0 amide bonds. The lowest BCUT2D eigenvalue weighted by Gasteiger charge is -2.25. The van der Waals surface area contributed by atoms with Gasteiger partial charge in [0, 0.05) is 11.7 Å². The summed E-state index contributed by atoms with van der Waals surface area (Å²) in [6.45, 7) is 1.53. The highest BCUT2D eigenvalue weighted by Gasteiger charge is 2.25. The van der Waals surface area contributed by atoms with E-state index in [1.54, 1.807) is 18.2 Å². The van der Waals surface area contributed by atoms with Crippen LogP contribution in [0.3, 0.4) is 0 Å². The van der Waals surface area contributed by atoms with E-state index in [4.69, 9.17) is 11.0 Å². The number of nitrogens with two attached hydrogens (primary N) is 1. The molecule has 1 aromatic heterocycles. The lowest BCUT2D eigenvalue weighted by molar-refractivity contribution is -0.112. The average molecular weight is 399 g/mol. The largest absolute Gasteiger partial charge is 0.401 e. The van der Waals surface area contributed by atoms with E-state index in [-0.39, 0.29) is 34.7 Å². The molecule has 1 aliphatic carbocycles.